The Morgan fingerprint density at radius 3 is 2.22 bits per heavy atom. The molecule has 0 aliphatic carbocycles. The average molecular weight is 635 g/mol. The number of nitrogens with one attached hydrogen (secondary N) is 2. The third-order valence-electron chi connectivity index (χ3n) is 7.70. The number of amides is 3. The molecule has 0 unspecified atom stereocenters. The third-order valence-corrected chi connectivity index (χ3v) is 7.70. The molecule has 2 aromatic rings. The maximum absolute atomic E-state index is 13.3. The summed E-state index contributed by atoms with van der Waals surface area (Å²) in [6.45, 7) is 4.89. The molecule has 3 rings (SSSR count). The first-order valence-corrected chi connectivity index (χ1v) is 14.8. The number of carbonyl (C=O) groups excluding carboxylic acids is 3. The van der Waals surface area contributed by atoms with Crippen molar-refractivity contribution in [1.29, 1.82) is 0 Å². The monoisotopic (exact) mass is 634 g/mol. The van der Waals surface area contributed by atoms with Gasteiger partial charge in [-0.05, 0) is 67.4 Å². The summed E-state index contributed by atoms with van der Waals surface area (Å²) >= 11 is 0. The lowest BCUT2D eigenvalue weighted by Crippen LogP contribution is -2.52. The highest BCUT2D eigenvalue weighted by Gasteiger charge is 2.40. The van der Waals surface area contributed by atoms with Gasteiger partial charge in [0, 0.05) is 39.1 Å². The predicted molar refractivity (Wildman–Crippen MR) is 164 cm³/mol. The van der Waals surface area contributed by atoms with Crippen molar-refractivity contribution in [2.45, 2.75) is 69.9 Å². The summed E-state index contributed by atoms with van der Waals surface area (Å²) in [6, 6.07) is 7.71. The number of rotatable bonds is 15. The number of alkyl halides is 3. The number of aryl methyl sites for hydroxylation is 1. The van der Waals surface area contributed by atoms with Crippen LogP contribution in [0.15, 0.2) is 42.5 Å². The Bertz CT molecular complexity index is 1320. The normalized spacial score (nSPS) is 15.3. The van der Waals surface area contributed by atoms with Crippen molar-refractivity contribution >= 4 is 30.3 Å². The molecular formula is C30H42BF3N6O5. The van der Waals surface area contributed by atoms with E-state index in [9.17, 15) is 32.6 Å². The molecule has 2 aromatic carbocycles. The van der Waals surface area contributed by atoms with Crippen LogP contribution in [0.3, 0.4) is 0 Å². The molecule has 9 N–H and O–H groups in total. The molecule has 45 heavy (non-hydrogen) atoms. The molecule has 15 heteroatoms. The van der Waals surface area contributed by atoms with Crippen LogP contribution in [-0.4, -0.2) is 73.0 Å². The maximum atomic E-state index is 13.3. The van der Waals surface area contributed by atoms with E-state index in [1.54, 1.807) is 12.1 Å². The Hall–Kier alpha value is -3.50. The van der Waals surface area contributed by atoms with Gasteiger partial charge in [0.05, 0.1) is 17.2 Å². The van der Waals surface area contributed by atoms with Crippen LogP contribution >= 0.6 is 0 Å². The molecule has 246 valence electrons. The molecule has 2 atom stereocenters. The largest absolute Gasteiger partial charge is 0.492 e. The van der Waals surface area contributed by atoms with E-state index in [0.29, 0.717) is 24.1 Å². The highest BCUT2D eigenvalue weighted by molar-refractivity contribution is 6.61. The topological polar surface area (TPSA) is 186 Å². The molecule has 1 heterocycles. The quantitative estimate of drug-likeness (QED) is 0.151. The summed E-state index contributed by atoms with van der Waals surface area (Å²) in [6.07, 6.45) is -4.21. The summed E-state index contributed by atoms with van der Waals surface area (Å²) < 4.78 is 44.5. The Labute approximate surface area is 261 Å². The van der Waals surface area contributed by atoms with E-state index < -0.39 is 48.4 Å². The van der Waals surface area contributed by atoms with Crippen LogP contribution < -0.4 is 33.3 Å². The number of carbonyl (C=O) groups is 3. The summed E-state index contributed by atoms with van der Waals surface area (Å²) in [5.41, 5.74) is 18.4. The van der Waals surface area contributed by atoms with Crippen molar-refractivity contribution in [1.82, 2.24) is 15.5 Å². The molecule has 1 aliphatic rings. The first kappa shape index (κ1) is 36.0. The van der Waals surface area contributed by atoms with Crippen LogP contribution in [-0.2, 0) is 43.8 Å². The second-order valence-corrected chi connectivity index (χ2v) is 11.5. The Morgan fingerprint density at radius 2 is 1.62 bits per heavy atom. The van der Waals surface area contributed by atoms with Crippen molar-refractivity contribution in [2.75, 3.05) is 26.2 Å². The van der Waals surface area contributed by atoms with Gasteiger partial charge < -0.3 is 42.4 Å². The molecule has 1 aliphatic heterocycles. The van der Waals surface area contributed by atoms with Crippen LogP contribution in [0.1, 0.15) is 55.4 Å². The van der Waals surface area contributed by atoms with Gasteiger partial charge in [-0.2, -0.15) is 13.2 Å². The summed E-state index contributed by atoms with van der Waals surface area (Å²) in [7, 11) is -1.05. The average Bonchev–Trinajstić information content (AvgIpc) is 3.22. The molecule has 0 aromatic heterocycles. The molecular weight excluding hydrogens is 592 g/mol. The lowest BCUT2D eigenvalue weighted by Gasteiger charge is -2.23. The van der Waals surface area contributed by atoms with Crippen molar-refractivity contribution in [3.05, 3.63) is 64.7 Å². The number of benzene rings is 2. The van der Waals surface area contributed by atoms with E-state index in [1.165, 1.54) is 17.0 Å². The van der Waals surface area contributed by atoms with Gasteiger partial charge in [0.25, 0.3) is 0 Å². The molecule has 0 radical (unpaired) electrons. The van der Waals surface area contributed by atoms with Crippen LogP contribution in [0.5, 0.6) is 0 Å². The molecule has 0 spiro atoms. The number of nitrogens with zero attached hydrogens (tertiary/aromatic N) is 1. The Balaban J connectivity index is 1.68. The van der Waals surface area contributed by atoms with Gasteiger partial charge in [-0.3, -0.25) is 14.4 Å². The zero-order valence-electron chi connectivity index (χ0n) is 25.5. The van der Waals surface area contributed by atoms with E-state index in [2.05, 4.69) is 10.6 Å². The minimum atomic E-state index is -4.48. The third kappa shape index (κ3) is 10.00. The van der Waals surface area contributed by atoms with Crippen molar-refractivity contribution in [2.24, 2.45) is 17.2 Å². The van der Waals surface area contributed by atoms with E-state index in [0.717, 1.165) is 23.3 Å². The molecule has 0 fully saturated rings. The van der Waals surface area contributed by atoms with Crippen molar-refractivity contribution in [3.63, 3.8) is 0 Å². The number of fused-ring (bicyclic) bond motifs is 1. The minimum Gasteiger partial charge on any atom is -0.423 e. The smallest absolute Gasteiger partial charge is 0.423 e. The molecule has 11 nitrogen and oxygen atoms in total. The predicted octanol–water partition coefficient (Wildman–Crippen LogP) is 0.246. The first-order valence-electron chi connectivity index (χ1n) is 14.8. The van der Waals surface area contributed by atoms with Crippen LogP contribution in [0, 0.1) is 0 Å². The van der Waals surface area contributed by atoms with Gasteiger partial charge in [0.15, 0.2) is 0 Å². The molecule has 3 amide bonds. The number of hydrogen-bond donors (Lipinski definition) is 6. The van der Waals surface area contributed by atoms with Crippen molar-refractivity contribution in [3.8, 4) is 0 Å². The second kappa shape index (κ2) is 15.7. The fraction of sp³-hybridized carbons (Fsp3) is 0.500. The van der Waals surface area contributed by atoms with Crippen LogP contribution in [0.25, 0.3) is 0 Å². The zero-order chi connectivity index (χ0) is 33.4. The van der Waals surface area contributed by atoms with E-state index in [1.807, 2.05) is 19.9 Å². The van der Waals surface area contributed by atoms with Gasteiger partial charge in [-0.1, -0.05) is 30.3 Å². The number of hydrogen-bond acceptors (Lipinski definition) is 8. The van der Waals surface area contributed by atoms with E-state index in [4.69, 9.17) is 21.9 Å². The van der Waals surface area contributed by atoms with Gasteiger partial charge in [-0.15, -0.1) is 0 Å². The summed E-state index contributed by atoms with van der Waals surface area (Å²) in [5.74, 6) is -1.42. The SMILES string of the molecule is CC1(C)OB(O)c2ccc(CNC(=O)[C@@H](CCc3ccc(C(F)(F)F)cc3)NC(=O)[C@@H](N)CCC(=O)N(CCN)CCN)cc21. The maximum Gasteiger partial charge on any atom is 0.492 e. The molecule has 0 saturated heterocycles. The van der Waals surface area contributed by atoms with E-state index in [-0.39, 0.29) is 51.2 Å². The summed E-state index contributed by atoms with van der Waals surface area (Å²) in [5, 5.41) is 15.6. The van der Waals surface area contributed by atoms with Crippen molar-refractivity contribution < 1.29 is 37.2 Å². The van der Waals surface area contributed by atoms with Crippen LogP contribution in [0.4, 0.5) is 13.2 Å². The molecule has 0 saturated carbocycles. The fourth-order valence-electron chi connectivity index (χ4n) is 5.13. The first-order chi connectivity index (χ1) is 21.2. The molecule has 0 bridgehead atoms. The Morgan fingerprint density at radius 1 is 1.00 bits per heavy atom. The lowest BCUT2D eigenvalue weighted by molar-refractivity contribution is -0.137. The lowest BCUT2D eigenvalue weighted by atomic mass is 9.78. The highest BCUT2D eigenvalue weighted by atomic mass is 19.4. The Kier molecular flexibility index (Phi) is 12.5. The standard InChI is InChI=1S/C30H42BF3N6O5/c1-29(2)22-17-20(5-9-23(22)31(44)45-29)18-38-28(43)25(11-6-19-3-7-21(8-4-19)30(32,33)34)39-27(42)24(37)10-12-26(41)40(15-13-35)16-14-36/h3-5,7-9,17,24-25,44H,6,10-16,18,35-37H2,1-2H3,(H,38,43)(H,39,42)/t24-,25+/m0/s1. The van der Waals surface area contributed by atoms with Gasteiger partial charge >= 0.3 is 13.3 Å². The second-order valence-electron chi connectivity index (χ2n) is 11.5. The van der Waals surface area contributed by atoms with Crippen LogP contribution in [0.2, 0.25) is 0 Å². The van der Waals surface area contributed by atoms with E-state index >= 15 is 0 Å². The van der Waals surface area contributed by atoms with Gasteiger partial charge in [-0.25, -0.2) is 0 Å². The van der Waals surface area contributed by atoms with Gasteiger partial charge in [0.2, 0.25) is 17.7 Å². The fourth-order valence-corrected chi connectivity index (χ4v) is 5.13. The minimum absolute atomic E-state index is 0.0163. The zero-order valence-corrected chi connectivity index (χ0v) is 25.5. The summed E-state index contributed by atoms with van der Waals surface area (Å²) in [4.78, 5) is 40.4. The highest BCUT2D eigenvalue weighted by Crippen LogP contribution is 2.31. The number of halogens is 3. The number of nitrogens with two attached hydrogens (primary N) is 3. The van der Waals surface area contributed by atoms with Gasteiger partial charge in [0.1, 0.15) is 6.04 Å².